The number of hydrogen-bond donors (Lipinski definition) is 4. The quantitative estimate of drug-likeness (QED) is 0.259. The number of fused-ring (bicyclic) bond motifs is 5. The number of esters is 1. The van der Waals surface area contributed by atoms with E-state index in [4.69, 9.17) is 14.2 Å². The smallest absolute Gasteiger partial charge is 0.331 e. The lowest BCUT2D eigenvalue weighted by molar-refractivity contribution is -0.250. The van der Waals surface area contributed by atoms with E-state index in [1.807, 2.05) is 13.8 Å². The second-order valence-electron chi connectivity index (χ2n) is 15.8. The molecule has 0 aromatic heterocycles. The lowest BCUT2D eigenvalue weighted by Crippen LogP contribution is -2.69. The summed E-state index contributed by atoms with van der Waals surface area (Å²) in [4.78, 5) is 26.9. The Balaban J connectivity index is 1.38. The van der Waals surface area contributed by atoms with E-state index in [0.29, 0.717) is 30.6 Å². The Bertz CT molecular complexity index is 1430. The number of carbonyl (C=O) groups excluding carboxylic acids is 2. The highest BCUT2D eigenvalue weighted by molar-refractivity contribution is 5.95. The number of phenolic OH excluding ortho intramolecular Hbond substituents is 1. The SMILES string of the molecule is COc1cc(C=CC(=O)OC2CC3C(C)(C)C(=O)C=CC3(C)C3CC(O)C4(C)C(C5CC(CO)OC5O)CCC4C23C)ccc1O. The summed E-state index contributed by atoms with van der Waals surface area (Å²) >= 11 is 0. The number of ether oxygens (including phenoxy) is 3. The minimum Gasteiger partial charge on any atom is -0.504 e. The molecule has 0 amide bonds. The third-order valence-electron chi connectivity index (χ3n) is 13.6. The minimum absolute atomic E-state index is 0.00566. The number of carbonyl (C=O) groups is 2. The van der Waals surface area contributed by atoms with Crippen LogP contribution in [0.25, 0.3) is 6.08 Å². The molecule has 3 saturated carbocycles. The molecule has 0 spiro atoms. The molecular formula is C37H50O9. The van der Waals surface area contributed by atoms with Gasteiger partial charge in [-0.2, -0.15) is 0 Å². The van der Waals surface area contributed by atoms with Gasteiger partial charge in [0.1, 0.15) is 6.10 Å². The second-order valence-corrected chi connectivity index (χ2v) is 15.8. The predicted molar refractivity (Wildman–Crippen MR) is 170 cm³/mol. The Hall–Kier alpha value is -2.72. The average Bonchev–Trinajstić information content (AvgIpc) is 3.57. The number of methoxy groups -OCH3 is 1. The molecule has 1 aromatic carbocycles. The summed E-state index contributed by atoms with van der Waals surface area (Å²) in [5, 5.41) is 42.8. The van der Waals surface area contributed by atoms with Crippen molar-refractivity contribution in [1.29, 1.82) is 0 Å². The number of aromatic hydroxyl groups is 1. The largest absolute Gasteiger partial charge is 0.504 e. The van der Waals surface area contributed by atoms with Crippen LogP contribution in [0.4, 0.5) is 0 Å². The van der Waals surface area contributed by atoms with Crippen LogP contribution < -0.4 is 4.74 Å². The van der Waals surface area contributed by atoms with E-state index in [2.05, 4.69) is 26.8 Å². The first-order valence-electron chi connectivity index (χ1n) is 16.7. The molecule has 5 aliphatic rings. The van der Waals surface area contributed by atoms with Crippen LogP contribution in [-0.4, -0.2) is 70.5 Å². The maximum absolute atomic E-state index is 13.6. The van der Waals surface area contributed by atoms with E-state index >= 15 is 0 Å². The van der Waals surface area contributed by atoms with Crippen LogP contribution in [0.1, 0.15) is 72.3 Å². The third-order valence-corrected chi connectivity index (χ3v) is 13.6. The number of aliphatic hydroxyl groups is 3. The summed E-state index contributed by atoms with van der Waals surface area (Å²) < 4.78 is 17.4. The Morgan fingerprint density at radius 1 is 1.02 bits per heavy atom. The molecular weight excluding hydrogens is 588 g/mol. The van der Waals surface area contributed by atoms with Crippen molar-refractivity contribution in [2.24, 2.45) is 51.2 Å². The zero-order valence-electron chi connectivity index (χ0n) is 27.8. The fraction of sp³-hybridized carbons (Fsp3) is 0.676. The highest BCUT2D eigenvalue weighted by atomic mass is 16.6. The lowest BCUT2D eigenvalue weighted by Gasteiger charge is -2.69. The molecule has 4 aliphatic carbocycles. The van der Waals surface area contributed by atoms with Crippen molar-refractivity contribution in [2.45, 2.75) is 91.3 Å². The van der Waals surface area contributed by atoms with Crippen LogP contribution in [0.5, 0.6) is 11.5 Å². The number of rotatable bonds is 6. The van der Waals surface area contributed by atoms with Crippen molar-refractivity contribution in [2.75, 3.05) is 13.7 Å². The van der Waals surface area contributed by atoms with Crippen LogP contribution in [-0.2, 0) is 19.1 Å². The standard InChI is InChI=1S/C37H50O9/c1-34(2)27-18-31(46-32(42)12-8-20-7-10-24(39)25(15-20)44-6)37(5)26-11-9-23(22-16-21(19-38)45-33(22)43)36(26,4)30(41)17-28(37)35(27,3)14-13-29(34)40/h7-8,10,12-15,21-23,26-28,30-31,33,38-39,41,43H,9,11,16-19H2,1-6H3. The van der Waals surface area contributed by atoms with Gasteiger partial charge in [-0.15, -0.1) is 0 Å². The number of ketones is 1. The van der Waals surface area contributed by atoms with E-state index < -0.39 is 52.2 Å². The number of hydrogen-bond acceptors (Lipinski definition) is 9. The van der Waals surface area contributed by atoms with Gasteiger partial charge in [-0.1, -0.05) is 46.8 Å². The highest BCUT2D eigenvalue weighted by Gasteiger charge is 2.73. The maximum Gasteiger partial charge on any atom is 0.331 e. The highest BCUT2D eigenvalue weighted by Crippen LogP contribution is 2.74. The number of benzene rings is 1. The minimum atomic E-state index is -1.01. The fourth-order valence-electron chi connectivity index (χ4n) is 11.2. The predicted octanol–water partition coefficient (Wildman–Crippen LogP) is 4.65. The molecule has 12 unspecified atom stereocenters. The first-order chi connectivity index (χ1) is 21.6. The van der Waals surface area contributed by atoms with Gasteiger partial charge in [0.25, 0.3) is 0 Å². The molecule has 9 heteroatoms. The average molecular weight is 639 g/mol. The molecule has 46 heavy (non-hydrogen) atoms. The van der Waals surface area contributed by atoms with E-state index in [1.165, 1.54) is 19.3 Å². The zero-order chi connectivity index (χ0) is 33.4. The van der Waals surface area contributed by atoms with Gasteiger partial charge in [0.2, 0.25) is 0 Å². The van der Waals surface area contributed by atoms with E-state index in [9.17, 15) is 30.0 Å². The summed E-state index contributed by atoms with van der Waals surface area (Å²) in [5.41, 5.74) is -1.54. The van der Waals surface area contributed by atoms with Crippen molar-refractivity contribution in [3.05, 3.63) is 42.0 Å². The first kappa shape index (κ1) is 33.2. The molecule has 4 fully saturated rings. The summed E-state index contributed by atoms with van der Waals surface area (Å²) in [6.45, 7) is 10.4. The molecule has 12 atom stereocenters. The Labute approximate surface area is 271 Å². The van der Waals surface area contributed by atoms with Crippen molar-refractivity contribution >= 4 is 17.8 Å². The number of aliphatic hydroxyl groups excluding tert-OH is 3. The van der Waals surface area contributed by atoms with Crippen LogP contribution in [0.15, 0.2) is 36.4 Å². The summed E-state index contributed by atoms with van der Waals surface area (Å²) in [6, 6.07) is 4.83. The number of phenols is 1. The van der Waals surface area contributed by atoms with Gasteiger partial charge in [0, 0.05) is 28.2 Å². The normalized spacial score (nSPS) is 44.5. The first-order valence-corrected chi connectivity index (χ1v) is 16.7. The van der Waals surface area contributed by atoms with Gasteiger partial charge in [-0.05, 0) is 91.0 Å². The van der Waals surface area contributed by atoms with Gasteiger partial charge in [0.15, 0.2) is 23.6 Å². The second kappa shape index (κ2) is 11.5. The lowest BCUT2D eigenvalue weighted by atomic mass is 9.36. The topological polar surface area (TPSA) is 143 Å². The van der Waals surface area contributed by atoms with Crippen molar-refractivity contribution in [3.8, 4) is 11.5 Å². The molecule has 1 aliphatic heterocycles. The summed E-state index contributed by atoms with van der Waals surface area (Å²) in [7, 11) is 1.46. The van der Waals surface area contributed by atoms with Crippen molar-refractivity contribution < 1.29 is 44.2 Å². The van der Waals surface area contributed by atoms with E-state index in [0.717, 1.165) is 12.8 Å². The van der Waals surface area contributed by atoms with Crippen LogP contribution in [0.3, 0.4) is 0 Å². The molecule has 9 nitrogen and oxygen atoms in total. The van der Waals surface area contributed by atoms with Gasteiger partial charge < -0.3 is 34.6 Å². The molecule has 1 aromatic rings. The number of allylic oxidation sites excluding steroid dienone is 2. The van der Waals surface area contributed by atoms with Gasteiger partial charge in [-0.3, -0.25) is 4.79 Å². The summed E-state index contributed by atoms with van der Waals surface area (Å²) in [5.74, 6) is -0.609. The van der Waals surface area contributed by atoms with Crippen LogP contribution in [0, 0.1) is 51.2 Å². The fourth-order valence-corrected chi connectivity index (χ4v) is 11.2. The van der Waals surface area contributed by atoms with Crippen molar-refractivity contribution in [1.82, 2.24) is 0 Å². The van der Waals surface area contributed by atoms with E-state index in [-0.39, 0.29) is 47.7 Å². The summed E-state index contributed by atoms with van der Waals surface area (Å²) in [6.07, 6.45) is 7.27. The molecule has 0 radical (unpaired) electrons. The molecule has 6 rings (SSSR count). The third kappa shape index (κ3) is 4.79. The monoisotopic (exact) mass is 638 g/mol. The molecule has 252 valence electrons. The van der Waals surface area contributed by atoms with Gasteiger partial charge >= 0.3 is 5.97 Å². The zero-order valence-corrected chi connectivity index (χ0v) is 27.8. The Morgan fingerprint density at radius 3 is 2.43 bits per heavy atom. The van der Waals surface area contributed by atoms with E-state index in [1.54, 1.807) is 24.3 Å². The Morgan fingerprint density at radius 2 is 1.76 bits per heavy atom. The molecule has 0 bridgehead atoms. The van der Waals surface area contributed by atoms with Crippen LogP contribution >= 0.6 is 0 Å². The maximum atomic E-state index is 13.6. The Kier molecular flexibility index (Phi) is 8.27. The van der Waals surface area contributed by atoms with Crippen LogP contribution in [0.2, 0.25) is 0 Å². The van der Waals surface area contributed by atoms with Crippen molar-refractivity contribution in [3.63, 3.8) is 0 Å². The van der Waals surface area contributed by atoms with Gasteiger partial charge in [-0.25, -0.2) is 4.79 Å². The molecule has 1 heterocycles. The molecule has 1 saturated heterocycles. The van der Waals surface area contributed by atoms with Gasteiger partial charge in [0.05, 0.1) is 25.9 Å². The molecule has 4 N–H and O–H groups in total.